The lowest BCUT2D eigenvalue weighted by molar-refractivity contribution is -0.140. The van der Waals surface area contributed by atoms with Crippen LogP contribution in [0, 0.1) is 13.8 Å². The molecule has 96 valence electrons. The highest BCUT2D eigenvalue weighted by atomic mass is 35.5. The van der Waals surface area contributed by atoms with E-state index in [-0.39, 0.29) is 6.42 Å². The number of aliphatic hydroxyl groups is 1. The molecule has 0 aromatic heterocycles. The number of aryl methyl sites for hydroxylation is 2. The highest BCUT2D eigenvalue weighted by Crippen LogP contribution is 2.32. The SMILES string of the molecule is Cc1cc(Cl)c(C(O)CCC(F)(F)F)cc1C. The van der Waals surface area contributed by atoms with Gasteiger partial charge in [-0.2, -0.15) is 13.2 Å². The molecule has 0 bridgehead atoms. The largest absolute Gasteiger partial charge is 0.389 e. The highest BCUT2D eigenvalue weighted by Gasteiger charge is 2.28. The minimum Gasteiger partial charge on any atom is -0.388 e. The van der Waals surface area contributed by atoms with E-state index in [1.54, 1.807) is 12.1 Å². The van der Waals surface area contributed by atoms with Crippen LogP contribution in [0.25, 0.3) is 0 Å². The van der Waals surface area contributed by atoms with Gasteiger partial charge in [-0.1, -0.05) is 17.7 Å². The van der Waals surface area contributed by atoms with E-state index in [1.807, 2.05) is 13.8 Å². The summed E-state index contributed by atoms with van der Waals surface area (Å²) in [5.41, 5.74) is 2.20. The van der Waals surface area contributed by atoms with E-state index in [0.29, 0.717) is 10.6 Å². The summed E-state index contributed by atoms with van der Waals surface area (Å²) >= 11 is 5.91. The van der Waals surface area contributed by atoms with Gasteiger partial charge in [0, 0.05) is 11.4 Å². The first-order chi connectivity index (χ1) is 7.70. The van der Waals surface area contributed by atoms with Crippen molar-refractivity contribution in [2.75, 3.05) is 0 Å². The van der Waals surface area contributed by atoms with Gasteiger partial charge < -0.3 is 5.11 Å². The van der Waals surface area contributed by atoms with Gasteiger partial charge in [0.15, 0.2) is 0 Å². The van der Waals surface area contributed by atoms with Gasteiger partial charge in [0.25, 0.3) is 0 Å². The van der Waals surface area contributed by atoms with Crippen molar-refractivity contribution in [2.24, 2.45) is 0 Å². The summed E-state index contributed by atoms with van der Waals surface area (Å²) in [5.74, 6) is 0. The van der Waals surface area contributed by atoms with Crippen LogP contribution in [0.5, 0.6) is 0 Å². The molecule has 0 saturated carbocycles. The Hall–Kier alpha value is -0.740. The second-order valence-electron chi connectivity index (χ2n) is 4.13. The second kappa shape index (κ2) is 5.27. The van der Waals surface area contributed by atoms with Gasteiger partial charge >= 0.3 is 6.18 Å². The van der Waals surface area contributed by atoms with Crippen LogP contribution >= 0.6 is 11.6 Å². The maximum absolute atomic E-state index is 12.0. The Bertz CT molecular complexity index is 401. The van der Waals surface area contributed by atoms with Crippen molar-refractivity contribution in [3.8, 4) is 0 Å². The molecular formula is C12H14ClF3O. The average Bonchev–Trinajstić information content (AvgIpc) is 2.19. The molecule has 0 spiro atoms. The zero-order chi connectivity index (χ0) is 13.2. The van der Waals surface area contributed by atoms with Crippen molar-refractivity contribution in [1.29, 1.82) is 0 Å². The van der Waals surface area contributed by atoms with Gasteiger partial charge in [-0.05, 0) is 43.0 Å². The van der Waals surface area contributed by atoms with Crippen molar-refractivity contribution in [3.63, 3.8) is 0 Å². The van der Waals surface area contributed by atoms with Gasteiger partial charge in [0.2, 0.25) is 0 Å². The van der Waals surface area contributed by atoms with Crippen molar-refractivity contribution in [1.82, 2.24) is 0 Å². The molecule has 1 unspecified atom stereocenters. The van der Waals surface area contributed by atoms with E-state index >= 15 is 0 Å². The molecule has 0 heterocycles. The Morgan fingerprint density at radius 2 is 1.76 bits per heavy atom. The van der Waals surface area contributed by atoms with Crippen molar-refractivity contribution >= 4 is 11.6 Å². The van der Waals surface area contributed by atoms with E-state index in [0.717, 1.165) is 11.1 Å². The Kier molecular flexibility index (Phi) is 4.44. The molecule has 17 heavy (non-hydrogen) atoms. The number of halogens is 4. The minimum absolute atomic E-state index is 0.308. The zero-order valence-electron chi connectivity index (χ0n) is 9.61. The third-order valence-corrected chi connectivity index (χ3v) is 3.00. The smallest absolute Gasteiger partial charge is 0.388 e. The van der Waals surface area contributed by atoms with E-state index in [1.165, 1.54) is 0 Å². The number of rotatable bonds is 3. The molecule has 5 heteroatoms. The van der Waals surface area contributed by atoms with E-state index in [4.69, 9.17) is 11.6 Å². The van der Waals surface area contributed by atoms with Crippen molar-refractivity contribution in [2.45, 2.75) is 39.0 Å². The Labute approximate surface area is 103 Å². The fraction of sp³-hybridized carbons (Fsp3) is 0.500. The number of hydrogen-bond acceptors (Lipinski definition) is 1. The summed E-state index contributed by atoms with van der Waals surface area (Å²) in [6, 6.07) is 3.29. The summed E-state index contributed by atoms with van der Waals surface area (Å²) in [6.45, 7) is 3.68. The van der Waals surface area contributed by atoms with Crippen LogP contribution in [0.1, 0.15) is 35.6 Å². The lowest BCUT2D eigenvalue weighted by Crippen LogP contribution is -2.10. The first kappa shape index (κ1) is 14.3. The molecule has 1 aromatic rings. The summed E-state index contributed by atoms with van der Waals surface area (Å²) in [7, 11) is 0. The molecular weight excluding hydrogens is 253 g/mol. The van der Waals surface area contributed by atoms with Crippen LogP contribution in [0.2, 0.25) is 5.02 Å². The maximum atomic E-state index is 12.0. The van der Waals surface area contributed by atoms with Gasteiger partial charge in [-0.3, -0.25) is 0 Å². The summed E-state index contributed by atoms with van der Waals surface area (Å²) in [6.07, 6.45) is -6.82. The molecule has 1 atom stereocenters. The van der Waals surface area contributed by atoms with Gasteiger partial charge in [-0.25, -0.2) is 0 Å². The number of aliphatic hydroxyl groups excluding tert-OH is 1. The highest BCUT2D eigenvalue weighted by molar-refractivity contribution is 6.31. The Morgan fingerprint density at radius 3 is 2.29 bits per heavy atom. The zero-order valence-corrected chi connectivity index (χ0v) is 10.4. The molecule has 1 nitrogen and oxygen atoms in total. The lowest BCUT2D eigenvalue weighted by atomic mass is 10.00. The predicted octanol–water partition coefficient (Wildman–Crippen LogP) is 4.33. The summed E-state index contributed by atoms with van der Waals surface area (Å²) in [5, 5.41) is 10.0. The van der Waals surface area contributed by atoms with Crippen LogP contribution < -0.4 is 0 Å². The molecule has 1 aromatic carbocycles. The van der Waals surface area contributed by atoms with Gasteiger partial charge in [0.1, 0.15) is 0 Å². The molecule has 0 radical (unpaired) electrons. The lowest BCUT2D eigenvalue weighted by Gasteiger charge is -2.15. The monoisotopic (exact) mass is 266 g/mol. The minimum atomic E-state index is -4.26. The van der Waals surface area contributed by atoms with Crippen molar-refractivity contribution in [3.05, 3.63) is 33.8 Å². The summed E-state index contributed by atoms with van der Waals surface area (Å²) < 4.78 is 36.1. The number of alkyl halides is 3. The van der Waals surface area contributed by atoms with Crippen LogP contribution in [0.4, 0.5) is 13.2 Å². The topological polar surface area (TPSA) is 20.2 Å². The molecule has 0 aliphatic carbocycles. The molecule has 0 amide bonds. The first-order valence-electron chi connectivity index (χ1n) is 5.22. The molecule has 0 saturated heterocycles. The van der Waals surface area contributed by atoms with E-state index < -0.39 is 18.7 Å². The Balaban J connectivity index is 2.82. The van der Waals surface area contributed by atoms with E-state index in [2.05, 4.69) is 0 Å². The maximum Gasteiger partial charge on any atom is 0.389 e. The molecule has 1 N–H and O–H groups in total. The van der Waals surface area contributed by atoms with E-state index in [9.17, 15) is 18.3 Å². The third kappa shape index (κ3) is 4.21. The van der Waals surface area contributed by atoms with Crippen molar-refractivity contribution < 1.29 is 18.3 Å². The predicted molar refractivity (Wildman–Crippen MR) is 61.2 cm³/mol. The first-order valence-corrected chi connectivity index (χ1v) is 5.60. The van der Waals surface area contributed by atoms with Gasteiger partial charge in [0.05, 0.1) is 6.10 Å². The number of hydrogen-bond donors (Lipinski definition) is 1. The van der Waals surface area contributed by atoms with Crippen LogP contribution in [0.15, 0.2) is 12.1 Å². The van der Waals surface area contributed by atoms with Crippen LogP contribution in [0.3, 0.4) is 0 Å². The Morgan fingerprint density at radius 1 is 1.24 bits per heavy atom. The average molecular weight is 267 g/mol. The molecule has 0 aliphatic heterocycles. The molecule has 0 fully saturated rings. The van der Waals surface area contributed by atoms with Crippen LogP contribution in [-0.4, -0.2) is 11.3 Å². The standard InChI is InChI=1S/C12H14ClF3O/c1-7-5-9(10(13)6-8(7)2)11(17)3-4-12(14,15)16/h5-6,11,17H,3-4H2,1-2H3. The number of benzene rings is 1. The molecule has 1 rings (SSSR count). The summed E-state index contributed by atoms with van der Waals surface area (Å²) in [4.78, 5) is 0. The molecule has 0 aliphatic rings. The van der Waals surface area contributed by atoms with Crippen LogP contribution in [-0.2, 0) is 0 Å². The normalized spacial score (nSPS) is 13.8. The fourth-order valence-electron chi connectivity index (χ4n) is 1.51. The second-order valence-corrected chi connectivity index (χ2v) is 4.53. The third-order valence-electron chi connectivity index (χ3n) is 2.67. The fourth-order valence-corrected chi connectivity index (χ4v) is 1.86. The van der Waals surface area contributed by atoms with Gasteiger partial charge in [-0.15, -0.1) is 0 Å². The quantitative estimate of drug-likeness (QED) is 0.863.